The summed E-state index contributed by atoms with van der Waals surface area (Å²) in [6, 6.07) is 7.89. The van der Waals surface area contributed by atoms with E-state index in [1.807, 2.05) is 43.3 Å². The number of ether oxygens (including phenoxy) is 1. The van der Waals surface area contributed by atoms with E-state index in [0.717, 1.165) is 49.9 Å². The van der Waals surface area contributed by atoms with Gasteiger partial charge < -0.3 is 25.6 Å². The van der Waals surface area contributed by atoms with Gasteiger partial charge >= 0.3 is 0 Å². The van der Waals surface area contributed by atoms with Crippen LogP contribution < -0.4 is 16.0 Å². The van der Waals surface area contributed by atoms with Crippen LogP contribution in [0.1, 0.15) is 51.5 Å². The molecule has 1 aliphatic rings. The second-order valence-corrected chi connectivity index (χ2v) is 8.69. The van der Waals surface area contributed by atoms with Gasteiger partial charge in [-0.3, -0.25) is 4.79 Å². The predicted molar refractivity (Wildman–Crippen MR) is 128 cm³/mol. The molecular formula is C24H41N5O2. The van der Waals surface area contributed by atoms with Gasteiger partial charge in [-0.15, -0.1) is 0 Å². The van der Waals surface area contributed by atoms with Crippen molar-refractivity contribution in [3.63, 3.8) is 0 Å². The highest BCUT2D eigenvalue weighted by Gasteiger charge is 2.33. The summed E-state index contributed by atoms with van der Waals surface area (Å²) in [6.07, 6.45) is 6.20. The number of likely N-dealkylation sites (N-methyl/N-ethyl adjacent to an activating group) is 1. The zero-order valence-electron chi connectivity index (χ0n) is 19.8. The fourth-order valence-electron chi connectivity index (χ4n) is 4.09. The molecule has 0 spiro atoms. The maximum Gasteiger partial charge on any atom is 0.238 e. The van der Waals surface area contributed by atoms with Crippen molar-refractivity contribution in [2.75, 3.05) is 52.3 Å². The van der Waals surface area contributed by atoms with Crippen LogP contribution in [-0.2, 0) is 16.1 Å². The smallest absolute Gasteiger partial charge is 0.238 e. The zero-order valence-corrected chi connectivity index (χ0v) is 19.8. The average Bonchev–Trinajstić information content (AvgIpc) is 3.19. The first-order valence-corrected chi connectivity index (χ1v) is 11.6. The molecule has 0 aromatic heterocycles. The fourth-order valence-corrected chi connectivity index (χ4v) is 4.09. The van der Waals surface area contributed by atoms with Crippen molar-refractivity contribution in [3.8, 4) is 0 Å². The largest absolute Gasteiger partial charge is 0.382 e. The molecule has 0 radical (unpaired) electrons. The van der Waals surface area contributed by atoms with Crippen molar-refractivity contribution in [2.45, 2.75) is 52.5 Å². The van der Waals surface area contributed by atoms with Crippen LogP contribution in [0, 0.1) is 5.41 Å². The molecule has 1 aromatic carbocycles. The SMILES string of the molecule is CCNC(=NCc1cccc(NC(=O)CN(C)C)c1)NCC1(CCOCC)CCCC1. The standard InChI is InChI=1S/C24H41N5O2/c1-5-25-23(27-19-24(12-7-8-13-24)14-15-31-6-2)26-17-20-10-9-11-21(16-20)28-22(30)18-29(3)4/h9-11,16H,5-8,12-15,17-19H2,1-4H3,(H,28,30)(H2,25,26,27). The van der Waals surface area contributed by atoms with Gasteiger partial charge in [-0.05, 0) is 70.3 Å². The first kappa shape index (κ1) is 25.1. The van der Waals surface area contributed by atoms with Gasteiger partial charge in [-0.25, -0.2) is 4.99 Å². The second kappa shape index (κ2) is 13.3. The van der Waals surface area contributed by atoms with Crippen LogP contribution in [-0.4, -0.2) is 63.7 Å². The van der Waals surface area contributed by atoms with E-state index in [1.165, 1.54) is 25.7 Å². The van der Waals surface area contributed by atoms with Gasteiger partial charge in [0.15, 0.2) is 5.96 Å². The highest BCUT2D eigenvalue weighted by atomic mass is 16.5. The summed E-state index contributed by atoms with van der Waals surface area (Å²) in [4.78, 5) is 18.6. The van der Waals surface area contributed by atoms with Crippen molar-refractivity contribution in [2.24, 2.45) is 10.4 Å². The zero-order chi connectivity index (χ0) is 22.5. The Balaban J connectivity index is 1.96. The Bertz CT molecular complexity index is 699. The van der Waals surface area contributed by atoms with E-state index in [-0.39, 0.29) is 5.91 Å². The van der Waals surface area contributed by atoms with E-state index in [1.54, 1.807) is 0 Å². The summed E-state index contributed by atoms with van der Waals surface area (Å²) in [5.74, 6) is 0.821. The number of benzene rings is 1. The monoisotopic (exact) mass is 431 g/mol. The Kier molecular flexibility index (Phi) is 10.8. The van der Waals surface area contributed by atoms with Crippen LogP contribution in [0.2, 0.25) is 0 Å². The van der Waals surface area contributed by atoms with Crippen molar-refractivity contribution in [3.05, 3.63) is 29.8 Å². The van der Waals surface area contributed by atoms with E-state index < -0.39 is 0 Å². The number of rotatable bonds is 12. The Hall–Kier alpha value is -2.12. The quantitative estimate of drug-likeness (QED) is 0.269. The summed E-state index contributed by atoms with van der Waals surface area (Å²) in [7, 11) is 3.76. The van der Waals surface area contributed by atoms with Crippen LogP contribution in [0.4, 0.5) is 5.69 Å². The summed E-state index contributed by atoms with van der Waals surface area (Å²) < 4.78 is 5.63. The van der Waals surface area contributed by atoms with Crippen LogP contribution in [0.15, 0.2) is 29.3 Å². The number of anilines is 1. The van der Waals surface area contributed by atoms with Crippen LogP contribution in [0.3, 0.4) is 0 Å². The Morgan fingerprint density at radius 2 is 1.97 bits per heavy atom. The first-order chi connectivity index (χ1) is 15.0. The van der Waals surface area contributed by atoms with Crippen molar-refractivity contribution < 1.29 is 9.53 Å². The molecule has 174 valence electrons. The maximum atomic E-state index is 12.0. The summed E-state index contributed by atoms with van der Waals surface area (Å²) in [6.45, 7) is 8.41. The lowest BCUT2D eigenvalue weighted by Gasteiger charge is -2.30. The summed E-state index contributed by atoms with van der Waals surface area (Å²) >= 11 is 0. The molecule has 1 amide bonds. The van der Waals surface area contributed by atoms with Gasteiger partial charge in [-0.2, -0.15) is 0 Å². The molecule has 31 heavy (non-hydrogen) atoms. The molecule has 1 saturated carbocycles. The third-order valence-electron chi connectivity index (χ3n) is 5.71. The van der Waals surface area contributed by atoms with E-state index in [9.17, 15) is 4.79 Å². The molecule has 0 bridgehead atoms. The van der Waals surface area contributed by atoms with E-state index in [0.29, 0.717) is 18.5 Å². The third-order valence-corrected chi connectivity index (χ3v) is 5.71. The number of nitrogens with one attached hydrogen (secondary N) is 3. The van der Waals surface area contributed by atoms with E-state index in [2.05, 4.69) is 29.8 Å². The molecule has 0 atom stereocenters. The van der Waals surface area contributed by atoms with Crippen LogP contribution >= 0.6 is 0 Å². The molecule has 1 aliphatic carbocycles. The molecule has 1 aromatic rings. The Morgan fingerprint density at radius 3 is 2.65 bits per heavy atom. The van der Waals surface area contributed by atoms with Gasteiger partial charge in [-0.1, -0.05) is 25.0 Å². The molecule has 1 fully saturated rings. The number of guanidine groups is 1. The van der Waals surface area contributed by atoms with Crippen molar-refractivity contribution in [1.82, 2.24) is 15.5 Å². The lowest BCUT2D eigenvalue weighted by Crippen LogP contribution is -2.43. The number of aliphatic imine (C=N–C) groups is 1. The number of hydrogen-bond donors (Lipinski definition) is 3. The predicted octanol–water partition coefficient (Wildman–Crippen LogP) is 3.23. The van der Waals surface area contributed by atoms with Gasteiger partial charge in [0.2, 0.25) is 5.91 Å². The molecular weight excluding hydrogens is 390 g/mol. The van der Waals surface area contributed by atoms with Gasteiger partial charge in [0.05, 0.1) is 13.1 Å². The Morgan fingerprint density at radius 1 is 1.19 bits per heavy atom. The number of carbonyl (C=O) groups excluding carboxylic acids is 1. The molecule has 7 heteroatoms. The normalized spacial score (nSPS) is 15.8. The first-order valence-electron chi connectivity index (χ1n) is 11.6. The molecule has 0 aliphatic heterocycles. The third kappa shape index (κ3) is 9.27. The minimum Gasteiger partial charge on any atom is -0.382 e. The maximum absolute atomic E-state index is 12.0. The number of hydrogen-bond acceptors (Lipinski definition) is 4. The average molecular weight is 432 g/mol. The Labute approximate surface area is 188 Å². The highest BCUT2D eigenvalue weighted by molar-refractivity contribution is 5.92. The highest BCUT2D eigenvalue weighted by Crippen LogP contribution is 2.40. The molecule has 0 heterocycles. The fraction of sp³-hybridized carbons (Fsp3) is 0.667. The lowest BCUT2D eigenvalue weighted by molar-refractivity contribution is -0.116. The second-order valence-electron chi connectivity index (χ2n) is 8.69. The summed E-state index contributed by atoms with van der Waals surface area (Å²) in [5.41, 5.74) is 2.17. The molecule has 0 unspecified atom stereocenters. The number of nitrogens with zero attached hydrogens (tertiary/aromatic N) is 2. The molecule has 3 N–H and O–H groups in total. The molecule has 7 nitrogen and oxygen atoms in total. The van der Waals surface area contributed by atoms with Crippen LogP contribution in [0.25, 0.3) is 0 Å². The van der Waals surface area contributed by atoms with E-state index >= 15 is 0 Å². The minimum atomic E-state index is -0.0189. The van der Waals surface area contributed by atoms with E-state index in [4.69, 9.17) is 9.73 Å². The summed E-state index contributed by atoms with van der Waals surface area (Å²) in [5, 5.41) is 9.89. The van der Waals surface area contributed by atoms with Crippen molar-refractivity contribution in [1.29, 1.82) is 0 Å². The molecule has 0 saturated heterocycles. The van der Waals surface area contributed by atoms with Gasteiger partial charge in [0.1, 0.15) is 0 Å². The van der Waals surface area contributed by atoms with Crippen LogP contribution in [0.5, 0.6) is 0 Å². The van der Waals surface area contributed by atoms with Gasteiger partial charge in [0.25, 0.3) is 0 Å². The lowest BCUT2D eigenvalue weighted by atomic mass is 9.83. The number of carbonyl (C=O) groups is 1. The number of amides is 1. The van der Waals surface area contributed by atoms with Crippen molar-refractivity contribution >= 4 is 17.6 Å². The topological polar surface area (TPSA) is 78.0 Å². The molecule has 2 rings (SSSR count). The van der Waals surface area contributed by atoms with Gasteiger partial charge in [0, 0.05) is 32.0 Å². The minimum absolute atomic E-state index is 0.0189.